The number of nitrogens with one attached hydrogen (secondary N) is 1. The summed E-state index contributed by atoms with van der Waals surface area (Å²) < 4.78 is 38.3. The fourth-order valence-electron chi connectivity index (χ4n) is 3.43. The second kappa shape index (κ2) is 11.5. The van der Waals surface area contributed by atoms with E-state index in [1.165, 1.54) is 4.31 Å². The highest BCUT2D eigenvalue weighted by Crippen LogP contribution is 2.25. The molecule has 1 saturated heterocycles. The quantitative estimate of drug-likeness (QED) is 0.522. The topological polar surface area (TPSA) is 84.9 Å². The number of para-hydroxylation sites is 1. The molecule has 1 amide bonds. The molecule has 1 heterocycles. The number of rotatable bonds is 10. The lowest BCUT2D eigenvalue weighted by Gasteiger charge is -2.25. The number of sulfonamides is 1. The van der Waals surface area contributed by atoms with Crippen LogP contribution in [-0.4, -0.2) is 51.0 Å². The van der Waals surface area contributed by atoms with Gasteiger partial charge in [-0.15, -0.1) is 0 Å². The van der Waals surface area contributed by atoms with Crippen LogP contribution in [0.25, 0.3) is 0 Å². The molecular formula is C23H29ClN2O5S. The van der Waals surface area contributed by atoms with Crippen LogP contribution in [0.4, 0.5) is 0 Å². The van der Waals surface area contributed by atoms with Gasteiger partial charge in [0.25, 0.3) is 5.91 Å². The standard InChI is InChI=1S/C23H29ClN2O5S/c1-2-21(31-22-9-5-4-8-20(22)24)23(27)25-14-17-30-18-10-12-19(13-11-18)32(28,29)26-15-6-3-7-16-26/h4-5,8-13,21H,2-3,6-7,14-17H2,1H3,(H,25,27). The summed E-state index contributed by atoms with van der Waals surface area (Å²) in [6.45, 7) is 3.52. The normalized spacial score (nSPS) is 15.7. The van der Waals surface area contributed by atoms with Crippen LogP contribution in [0.3, 0.4) is 0 Å². The fraction of sp³-hybridized carbons (Fsp3) is 0.435. The van der Waals surface area contributed by atoms with Crippen molar-refractivity contribution in [3.63, 3.8) is 0 Å². The van der Waals surface area contributed by atoms with E-state index < -0.39 is 16.1 Å². The third-order valence-electron chi connectivity index (χ3n) is 5.22. The van der Waals surface area contributed by atoms with Crippen LogP contribution in [0.1, 0.15) is 32.6 Å². The average molecular weight is 481 g/mol. The second-order valence-electron chi connectivity index (χ2n) is 7.52. The van der Waals surface area contributed by atoms with Crippen molar-refractivity contribution in [1.29, 1.82) is 0 Å². The van der Waals surface area contributed by atoms with Gasteiger partial charge in [0.1, 0.15) is 18.1 Å². The Kier molecular flexibility index (Phi) is 8.78. The summed E-state index contributed by atoms with van der Waals surface area (Å²) >= 11 is 6.09. The largest absolute Gasteiger partial charge is 0.492 e. The Bertz CT molecular complexity index is 992. The Morgan fingerprint density at radius 2 is 1.78 bits per heavy atom. The van der Waals surface area contributed by atoms with Crippen molar-refractivity contribution in [2.24, 2.45) is 0 Å². The molecule has 0 aliphatic carbocycles. The summed E-state index contributed by atoms with van der Waals surface area (Å²) in [6.07, 6.45) is 2.70. The number of hydrogen-bond acceptors (Lipinski definition) is 5. The molecule has 9 heteroatoms. The average Bonchev–Trinajstić information content (AvgIpc) is 2.82. The van der Waals surface area contributed by atoms with Crippen molar-refractivity contribution < 1.29 is 22.7 Å². The minimum absolute atomic E-state index is 0.243. The SMILES string of the molecule is CCC(Oc1ccccc1Cl)C(=O)NCCOc1ccc(S(=O)(=O)N2CCCCC2)cc1. The molecule has 1 atom stereocenters. The number of amides is 1. The summed E-state index contributed by atoms with van der Waals surface area (Å²) in [7, 11) is -3.46. The molecule has 0 saturated carbocycles. The van der Waals surface area contributed by atoms with Gasteiger partial charge in [-0.2, -0.15) is 4.31 Å². The van der Waals surface area contributed by atoms with E-state index >= 15 is 0 Å². The van der Waals surface area contributed by atoms with Gasteiger partial charge < -0.3 is 14.8 Å². The summed E-state index contributed by atoms with van der Waals surface area (Å²) in [4.78, 5) is 12.7. The maximum absolute atomic E-state index is 12.7. The van der Waals surface area contributed by atoms with E-state index in [2.05, 4.69) is 5.32 Å². The highest BCUT2D eigenvalue weighted by Gasteiger charge is 2.25. The lowest BCUT2D eigenvalue weighted by Crippen LogP contribution is -2.39. The molecule has 174 valence electrons. The van der Waals surface area contributed by atoms with E-state index in [0.29, 0.717) is 36.0 Å². The third-order valence-corrected chi connectivity index (χ3v) is 7.44. The first-order valence-corrected chi connectivity index (χ1v) is 12.7. The first kappa shape index (κ1) is 24.4. The molecule has 0 radical (unpaired) electrons. The van der Waals surface area contributed by atoms with Crippen molar-refractivity contribution in [1.82, 2.24) is 9.62 Å². The molecule has 1 aliphatic heterocycles. The van der Waals surface area contributed by atoms with Crippen molar-refractivity contribution in [3.8, 4) is 11.5 Å². The van der Waals surface area contributed by atoms with Gasteiger partial charge in [-0.05, 0) is 55.7 Å². The molecule has 32 heavy (non-hydrogen) atoms. The van der Waals surface area contributed by atoms with Crippen LogP contribution in [0.5, 0.6) is 11.5 Å². The van der Waals surface area contributed by atoms with E-state index in [-0.39, 0.29) is 24.0 Å². The van der Waals surface area contributed by atoms with Crippen LogP contribution < -0.4 is 14.8 Å². The van der Waals surface area contributed by atoms with Gasteiger partial charge in [-0.1, -0.05) is 37.1 Å². The van der Waals surface area contributed by atoms with Crippen LogP contribution in [-0.2, 0) is 14.8 Å². The van der Waals surface area contributed by atoms with E-state index in [1.807, 2.05) is 6.92 Å². The number of benzene rings is 2. The predicted octanol–water partition coefficient (Wildman–Crippen LogP) is 3.87. The van der Waals surface area contributed by atoms with Crippen LogP contribution >= 0.6 is 11.6 Å². The van der Waals surface area contributed by atoms with Gasteiger partial charge in [0.05, 0.1) is 16.5 Å². The molecule has 7 nitrogen and oxygen atoms in total. The number of piperidine rings is 1. The Morgan fingerprint density at radius 3 is 2.44 bits per heavy atom. The molecule has 1 fully saturated rings. The molecule has 1 aliphatic rings. The smallest absolute Gasteiger partial charge is 0.261 e. The second-order valence-corrected chi connectivity index (χ2v) is 9.87. The van der Waals surface area contributed by atoms with Crippen molar-refractivity contribution in [3.05, 3.63) is 53.6 Å². The zero-order chi connectivity index (χ0) is 23.0. The highest BCUT2D eigenvalue weighted by molar-refractivity contribution is 7.89. The first-order chi connectivity index (χ1) is 15.4. The number of ether oxygens (including phenoxy) is 2. The van der Waals surface area contributed by atoms with Crippen LogP contribution in [0.15, 0.2) is 53.4 Å². The zero-order valence-electron chi connectivity index (χ0n) is 18.1. The predicted molar refractivity (Wildman–Crippen MR) is 124 cm³/mol. The monoisotopic (exact) mass is 480 g/mol. The van der Waals surface area contributed by atoms with Gasteiger partial charge in [0.2, 0.25) is 10.0 Å². The first-order valence-electron chi connectivity index (χ1n) is 10.8. The highest BCUT2D eigenvalue weighted by atomic mass is 35.5. The minimum Gasteiger partial charge on any atom is -0.492 e. The van der Waals surface area contributed by atoms with Gasteiger partial charge in [0, 0.05) is 13.1 Å². The number of carbonyl (C=O) groups excluding carboxylic acids is 1. The van der Waals surface area contributed by atoms with Gasteiger partial charge >= 0.3 is 0 Å². The number of carbonyl (C=O) groups is 1. The van der Waals surface area contributed by atoms with E-state index in [0.717, 1.165) is 19.3 Å². The van der Waals surface area contributed by atoms with Gasteiger partial charge in [-0.25, -0.2) is 8.42 Å². The summed E-state index contributed by atoms with van der Waals surface area (Å²) in [5.41, 5.74) is 0. The molecule has 0 spiro atoms. The van der Waals surface area contributed by atoms with E-state index in [9.17, 15) is 13.2 Å². The third kappa shape index (κ3) is 6.37. The number of nitrogens with zero attached hydrogens (tertiary/aromatic N) is 1. The fourth-order valence-corrected chi connectivity index (χ4v) is 5.13. The minimum atomic E-state index is -3.46. The Hall–Kier alpha value is -2.29. The van der Waals surface area contributed by atoms with E-state index in [1.54, 1.807) is 48.5 Å². The number of halogens is 1. The number of hydrogen-bond donors (Lipinski definition) is 1. The Balaban J connectivity index is 1.45. The molecule has 0 bridgehead atoms. The molecule has 3 rings (SSSR count). The molecular weight excluding hydrogens is 452 g/mol. The van der Waals surface area contributed by atoms with Crippen molar-refractivity contribution in [2.75, 3.05) is 26.2 Å². The van der Waals surface area contributed by atoms with E-state index in [4.69, 9.17) is 21.1 Å². The Morgan fingerprint density at radius 1 is 1.09 bits per heavy atom. The zero-order valence-corrected chi connectivity index (χ0v) is 19.7. The molecule has 2 aromatic carbocycles. The lowest BCUT2D eigenvalue weighted by molar-refractivity contribution is -0.128. The van der Waals surface area contributed by atoms with Crippen molar-refractivity contribution in [2.45, 2.75) is 43.6 Å². The summed E-state index contributed by atoms with van der Waals surface area (Å²) in [6, 6.07) is 13.4. The molecule has 0 aromatic heterocycles. The van der Waals surface area contributed by atoms with Crippen molar-refractivity contribution >= 4 is 27.5 Å². The Labute approximate surface area is 194 Å². The maximum atomic E-state index is 12.7. The molecule has 2 aromatic rings. The van der Waals surface area contributed by atoms with Gasteiger partial charge in [-0.3, -0.25) is 4.79 Å². The summed E-state index contributed by atoms with van der Waals surface area (Å²) in [5.74, 6) is 0.752. The van der Waals surface area contributed by atoms with Crippen LogP contribution in [0, 0.1) is 0 Å². The lowest BCUT2D eigenvalue weighted by atomic mass is 10.2. The maximum Gasteiger partial charge on any atom is 0.261 e. The van der Waals surface area contributed by atoms with Crippen LogP contribution in [0.2, 0.25) is 5.02 Å². The molecule has 1 unspecified atom stereocenters. The summed E-state index contributed by atoms with van der Waals surface area (Å²) in [5, 5.41) is 3.24. The molecule has 1 N–H and O–H groups in total. The van der Waals surface area contributed by atoms with Gasteiger partial charge in [0.15, 0.2) is 6.10 Å².